The number of esters is 1. The van der Waals surface area contributed by atoms with Gasteiger partial charge >= 0.3 is 12.1 Å². The summed E-state index contributed by atoms with van der Waals surface area (Å²) in [6.07, 6.45) is 1.92. The van der Waals surface area contributed by atoms with E-state index in [1.165, 1.54) is 30.3 Å². The molecule has 2 fully saturated rings. The van der Waals surface area contributed by atoms with Crippen molar-refractivity contribution in [3.05, 3.63) is 36.4 Å². The highest BCUT2D eigenvalue weighted by atomic mass is 19.1. The molecule has 14 heteroatoms. The van der Waals surface area contributed by atoms with Crippen molar-refractivity contribution in [2.45, 2.75) is 13.0 Å². The summed E-state index contributed by atoms with van der Waals surface area (Å²) in [5.74, 6) is -1.04. The van der Waals surface area contributed by atoms with Crippen LogP contribution in [0.15, 0.2) is 30.6 Å². The van der Waals surface area contributed by atoms with E-state index < -0.39 is 24.0 Å². The van der Waals surface area contributed by atoms with Gasteiger partial charge in [0.15, 0.2) is 6.61 Å². The number of nitrogens with zero attached hydrogens (tertiary/aromatic N) is 6. The minimum atomic E-state index is -0.609. The lowest BCUT2D eigenvalue weighted by molar-refractivity contribution is -0.152. The van der Waals surface area contributed by atoms with Crippen molar-refractivity contribution >= 4 is 35.5 Å². The van der Waals surface area contributed by atoms with Crippen LogP contribution in [0.1, 0.15) is 6.92 Å². The second kappa shape index (κ2) is 12.7. The molecule has 2 aliphatic rings. The number of hydrogen-bond acceptors (Lipinski definition) is 10. The Morgan fingerprint density at radius 2 is 1.85 bits per heavy atom. The molecular formula is C26H32FN7O6. The number of piperazine rings is 1. The number of nitrogens with one attached hydrogen (secondary N) is 1. The van der Waals surface area contributed by atoms with E-state index in [2.05, 4.69) is 15.3 Å². The van der Waals surface area contributed by atoms with Gasteiger partial charge in [-0.05, 0) is 32.3 Å². The van der Waals surface area contributed by atoms with Crippen LogP contribution in [-0.4, -0.2) is 116 Å². The van der Waals surface area contributed by atoms with Crippen LogP contribution in [0.3, 0.4) is 0 Å². The highest BCUT2D eigenvalue weighted by Gasteiger charge is 2.33. The first-order chi connectivity index (χ1) is 19.1. The first-order valence-corrected chi connectivity index (χ1v) is 12.8. The molecular weight excluding hydrogens is 525 g/mol. The number of likely N-dealkylation sites (N-methyl/N-ethyl adjacent to an activating group) is 1. The summed E-state index contributed by atoms with van der Waals surface area (Å²) < 4.78 is 25.3. The Hall–Kier alpha value is -4.33. The molecule has 1 aromatic heterocycles. The van der Waals surface area contributed by atoms with Gasteiger partial charge in [0, 0.05) is 56.6 Å². The lowest BCUT2D eigenvalue weighted by Gasteiger charge is -2.34. The monoisotopic (exact) mass is 557 g/mol. The Balaban J connectivity index is 1.31. The number of halogens is 1. The van der Waals surface area contributed by atoms with E-state index in [1.54, 1.807) is 36.0 Å². The third kappa shape index (κ3) is 7.20. The molecule has 3 heterocycles. The van der Waals surface area contributed by atoms with Crippen LogP contribution >= 0.6 is 0 Å². The number of amides is 3. The van der Waals surface area contributed by atoms with Gasteiger partial charge in [0.05, 0.1) is 25.3 Å². The van der Waals surface area contributed by atoms with Crippen LogP contribution in [0.5, 0.6) is 0 Å². The van der Waals surface area contributed by atoms with E-state index >= 15 is 4.39 Å². The van der Waals surface area contributed by atoms with Crippen LogP contribution < -0.4 is 15.1 Å². The summed E-state index contributed by atoms with van der Waals surface area (Å²) in [7, 11) is 3.48. The van der Waals surface area contributed by atoms with Gasteiger partial charge in [-0.2, -0.15) is 0 Å². The second-order valence-electron chi connectivity index (χ2n) is 9.76. The highest BCUT2D eigenvalue weighted by Crippen LogP contribution is 2.29. The van der Waals surface area contributed by atoms with E-state index in [0.29, 0.717) is 43.4 Å². The molecule has 1 aromatic carbocycles. The molecule has 0 aliphatic carbocycles. The normalized spacial score (nSPS) is 17.2. The van der Waals surface area contributed by atoms with Crippen molar-refractivity contribution < 1.29 is 33.0 Å². The lowest BCUT2D eigenvalue weighted by Crippen LogP contribution is -2.50. The average molecular weight is 558 g/mol. The number of carbonyl (C=O) groups is 4. The summed E-state index contributed by atoms with van der Waals surface area (Å²) in [5.41, 5.74) is 1.08. The number of rotatable bonds is 9. The Morgan fingerprint density at radius 3 is 2.48 bits per heavy atom. The third-order valence-corrected chi connectivity index (χ3v) is 6.38. The molecule has 0 spiro atoms. The summed E-state index contributed by atoms with van der Waals surface area (Å²) in [5, 5.41) is 2.60. The minimum absolute atomic E-state index is 0.108. The van der Waals surface area contributed by atoms with Gasteiger partial charge in [-0.25, -0.2) is 19.2 Å². The maximum Gasteiger partial charge on any atom is 0.414 e. The number of ether oxygens (including phenoxy) is 2. The summed E-state index contributed by atoms with van der Waals surface area (Å²) in [6.45, 7) is 3.40. The summed E-state index contributed by atoms with van der Waals surface area (Å²) >= 11 is 0. The zero-order chi connectivity index (χ0) is 28.8. The SMILES string of the molecule is CC(=O)NC[C@H]1CN(c2ccc(-c3cnc(N4CCN(C(=O)COC(=O)CN(C)C)CC4)nc3)c(F)c2)C(=O)O1. The lowest BCUT2D eigenvalue weighted by atomic mass is 10.1. The topological polar surface area (TPSA) is 138 Å². The highest BCUT2D eigenvalue weighted by molar-refractivity contribution is 5.90. The molecule has 214 valence electrons. The molecule has 0 unspecified atom stereocenters. The first kappa shape index (κ1) is 28.7. The summed E-state index contributed by atoms with van der Waals surface area (Å²) in [4.78, 5) is 62.7. The predicted molar refractivity (Wildman–Crippen MR) is 142 cm³/mol. The first-order valence-electron chi connectivity index (χ1n) is 12.8. The van der Waals surface area contributed by atoms with Crippen molar-refractivity contribution in [3.8, 4) is 11.1 Å². The zero-order valence-corrected chi connectivity index (χ0v) is 22.6. The maximum absolute atomic E-state index is 15.0. The third-order valence-electron chi connectivity index (χ3n) is 6.38. The van der Waals surface area contributed by atoms with Crippen LogP contribution in [-0.2, 0) is 23.9 Å². The fraction of sp³-hybridized carbons (Fsp3) is 0.462. The molecule has 1 atom stereocenters. The Labute approximate surface area is 230 Å². The van der Waals surface area contributed by atoms with Crippen molar-refractivity contribution in [2.75, 3.05) is 76.3 Å². The van der Waals surface area contributed by atoms with Gasteiger partial charge in [0.25, 0.3) is 5.91 Å². The fourth-order valence-corrected chi connectivity index (χ4v) is 4.32. The van der Waals surface area contributed by atoms with E-state index in [1.807, 2.05) is 4.90 Å². The van der Waals surface area contributed by atoms with Gasteiger partial charge in [-0.1, -0.05) is 0 Å². The van der Waals surface area contributed by atoms with Crippen molar-refractivity contribution in [2.24, 2.45) is 0 Å². The number of aromatic nitrogens is 2. The number of hydrogen-bond donors (Lipinski definition) is 1. The molecule has 13 nitrogen and oxygen atoms in total. The molecule has 4 rings (SSSR count). The number of benzene rings is 1. The van der Waals surface area contributed by atoms with Crippen molar-refractivity contribution in [1.82, 2.24) is 25.1 Å². The minimum Gasteiger partial charge on any atom is -0.455 e. The van der Waals surface area contributed by atoms with Crippen LogP contribution in [0.2, 0.25) is 0 Å². The summed E-state index contributed by atoms with van der Waals surface area (Å²) in [6, 6.07) is 4.41. The Bertz CT molecular complexity index is 1250. The molecule has 40 heavy (non-hydrogen) atoms. The Morgan fingerprint density at radius 1 is 1.15 bits per heavy atom. The second-order valence-corrected chi connectivity index (χ2v) is 9.76. The van der Waals surface area contributed by atoms with E-state index in [0.717, 1.165) is 0 Å². The number of cyclic esters (lactones) is 1. The predicted octanol–water partition coefficient (Wildman–Crippen LogP) is 0.497. The molecule has 1 N–H and O–H groups in total. The molecule has 2 aromatic rings. The standard InChI is InChI=1S/C26H32FN7O6/c1-17(35)28-13-20-14-34(26(38)40-20)19-4-5-21(22(27)10-19)18-11-29-25(30-12-18)33-8-6-32(7-9-33)23(36)16-39-24(37)15-31(2)3/h4-5,10-12,20H,6-9,13-16H2,1-3H3,(H,28,35)/t20-/m0/s1. The Kier molecular flexibility index (Phi) is 9.09. The quantitative estimate of drug-likeness (QED) is 0.434. The number of carbonyl (C=O) groups excluding carboxylic acids is 4. The van der Waals surface area contributed by atoms with Gasteiger partial charge in [-0.3, -0.25) is 24.2 Å². The van der Waals surface area contributed by atoms with Crippen molar-refractivity contribution in [3.63, 3.8) is 0 Å². The van der Waals surface area contributed by atoms with E-state index in [-0.39, 0.29) is 43.6 Å². The van der Waals surface area contributed by atoms with Crippen LogP contribution in [0, 0.1) is 5.82 Å². The molecule has 2 saturated heterocycles. The molecule has 0 bridgehead atoms. The van der Waals surface area contributed by atoms with Gasteiger partial charge < -0.3 is 24.6 Å². The average Bonchev–Trinajstić information content (AvgIpc) is 3.30. The van der Waals surface area contributed by atoms with E-state index in [4.69, 9.17) is 9.47 Å². The largest absolute Gasteiger partial charge is 0.455 e. The fourth-order valence-electron chi connectivity index (χ4n) is 4.32. The molecule has 0 radical (unpaired) electrons. The van der Waals surface area contributed by atoms with Gasteiger partial charge in [0.2, 0.25) is 11.9 Å². The van der Waals surface area contributed by atoms with Crippen LogP contribution in [0.4, 0.5) is 20.8 Å². The number of anilines is 2. The zero-order valence-electron chi connectivity index (χ0n) is 22.6. The maximum atomic E-state index is 15.0. The molecule has 0 saturated carbocycles. The van der Waals surface area contributed by atoms with E-state index in [9.17, 15) is 19.2 Å². The molecule has 2 aliphatic heterocycles. The van der Waals surface area contributed by atoms with Gasteiger partial charge in [0.1, 0.15) is 11.9 Å². The molecule has 3 amide bonds. The van der Waals surface area contributed by atoms with Gasteiger partial charge in [-0.15, -0.1) is 0 Å². The van der Waals surface area contributed by atoms with Crippen molar-refractivity contribution in [1.29, 1.82) is 0 Å². The van der Waals surface area contributed by atoms with Crippen LogP contribution in [0.25, 0.3) is 11.1 Å². The smallest absolute Gasteiger partial charge is 0.414 e.